The average molecular weight is 720 g/mol. The van der Waals surface area contributed by atoms with Crippen LogP contribution in [0.15, 0.2) is 162 Å². The number of hydrogen-bond acceptors (Lipinski definition) is 2. The van der Waals surface area contributed by atoms with E-state index in [1.54, 1.807) is 0 Å². The van der Waals surface area contributed by atoms with E-state index in [2.05, 4.69) is 163 Å². The van der Waals surface area contributed by atoms with Gasteiger partial charge in [-0.05, 0) is 136 Å². The van der Waals surface area contributed by atoms with Gasteiger partial charge in [0.1, 0.15) is 11.2 Å². The summed E-state index contributed by atoms with van der Waals surface area (Å²) in [5, 5.41) is 12.7. The SMILES string of the molecule is c1ccc(-c2ccc(N(c3cc4c(oc5cccc(C6C7CC8CC(C7)CC6C8)c54)c4ccccc34)c3ccc4ccc5cccc6ccc3c4c56)cc2)cc1. The maximum absolute atomic E-state index is 6.99. The van der Waals surface area contributed by atoms with Gasteiger partial charge in [-0.25, -0.2) is 0 Å². The second-order valence-electron chi connectivity index (χ2n) is 17.3. The summed E-state index contributed by atoms with van der Waals surface area (Å²) in [4.78, 5) is 2.53. The van der Waals surface area contributed by atoms with Crippen molar-refractivity contribution in [3.05, 3.63) is 163 Å². The number of furan rings is 1. The van der Waals surface area contributed by atoms with Crippen molar-refractivity contribution in [1.29, 1.82) is 0 Å². The lowest BCUT2D eigenvalue weighted by atomic mass is 9.50. The molecule has 4 aliphatic carbocycles. The molecule has 0 aliphatic heterocycles. The monoisotopic (exact) mass is 719 g/mol. The van der Waals surface area contributed by atoms with Crippen LogP contribution in [0.4, 0.5) is 17.1 Å². The number of nitrogens with zero attached hydrogens (tertiary/aromatic N) is 1. The predicted octanol–water partition coefficient (Wildman–Crippen LogP) is 15.3. The number of rotatable bonds is 5. The van der Waals surface area contributed by atoms with E-state index < -0.39 is 0 Å². The first-order chi connectivity index (χ1) is 27.7. The Balaban J connectivity index is 1.10. The zero-order valence-electron chi connectivity index (χ0n) is 31.3. The molecule has 4 aliphatic rings. The van der Waals surface area contributed by atoms with Gasteiger partial charge in [0.15, 0.2) is 0 Å². The highest BCUT2D eigenvalue weighted by Crippen LogP contribution is 2.61. The molecule has 10 aromatic rings. The molecule has 56 heavy (non-hydrogen) atoms. The van der Waals surface area contributed by atoms with Crippen LogP contribution in [0.1, 0.15) is 43.6 Å². The van der Waals surface area contributed by atoms with E-state index in [0.29, 0.717) is 5.92 Å². The predicted molar refractivity (Wildman–Crippen MR) is 235 cm³/mol. The Hall–Kier alpha value is -6.12. The lowest BCUT2D eigenvalue weighted by Gasteiger charge is -2.54. The van der Waals surface area contributed by atoms with Gasteiger partial charge in [-0.3, -0.25) is 0 Å². The van der Waals surface area contributed by atoms with Crippen LogP contribution < -0.4 is 4.90 Å². The molecule has 0 radical (unpaired) electrons. The van der Waals surface area contributed by atoms with Crippen LogP contribution in [0.5, 0.6) is 0 Å². The van der Waals surface area contributed by atoms with Crippen LogP contribution in [0.2, 0.25) is 0 Å². The van der Waals surface area contributed by atoms with Gasteiger partial charge >= 0.3 is 0 Å². The molecule has 4 bridgehead atoms. The maximum atomic E-state index is 6.99. The van der Waals surface area contributed by atoms with Crippen molar-refractivity contribution in [2.24, 2.45) is 23.7 Å². The minimum Gasteiger partial charge on any atom is -0.455 e. The molecular formula is C54H41NO. The number of anilines is 3. The highest BCUT2D eigenvalue weighted by Gasteiger charge is 2.49. The molecule has 0 spiro atoms. The first-order valence-corrected chi connectivity index (χ1v) is 20.7. The van der Waals surface area contributed by atoms with E-state index >= 15 is 0 Å². The van der Waals surface area contributed by atoms with Gasteiger partial charge in [-0.2, -0.15) is 0 Å². The largest absolute Gasteiger partial charge is 0.455 e. The van der Waals surface area contributed by atoms with E-state index in [0.717, 1.165) is 45.9 Å². The van der Waals surface area contributed by atoms with Crippen LogP contribution >= 0.6 is 0 Å². The van der Waals surface area contributed by atoms with E-state index in [4.69, 9.17) is 4.42 Å². The average Bonchev–Trinajstić information content (AvgIpc) is 3.63. The fourth-order valence-corrected chi connectivity index (χ4v) is 12.3. The minimum atomic E-state index is 0.612. The van der Waals surface area contributed by atoms with Gasteiger partial charge < -0.3 is 9.32 Å². The summed E-state index contributed by atoms with van der Waals surface area (Å²) in [5.74, 6) is 4.08. The summed E-state index contributed by atoms with van der Waals surface area (Å²) in [6, 6.07) is 58.8. The third-order valence-corrected chi connectivity index (χ3v) is 14.3. The third kappa shape index (κ3) is 4.44. The molecule has 0 amide bonds. The molecule has 0 saturated heterocycles. The summed E-state index contributed by atoms with van der Waals surface area (Å²) in [5.41, 5.74) is 9.49. The summed E-state index contributed by atoms with van der Waals surface area (Å²) in [7, 11) is 0. The number of benzene rings is 9. The zero-order valence-corrected chi connectivity index (χ0v) is 31.3. The molecular weight excluding hydrogens is 679 g/mol. The first kappa shape index (κ1) is 31.1. The van der Waals surface area contributed by atoms with Gasteiger partial charge in [0, 0.05) is 32.6 Å². The third-order valence-electron chi connectivity index (χ3n) is 14.3. The summed E-state index contributed by atoms with van der Waals surface area (Å²) < 4.78 is 6.99. The molecule has 14 rings (SSSR count). The fraction of sp³-hybridized carbons (Fsp3) is 0.185. The summed E-state index contributed by atoms with van der Waals surface area (Å²) >= 11 is 0. The number of fused-ring (bicyclic) bond motifs is 5. The van der Waals surface area contributed by atoms with Gasteiger partial charge in [-0.1, -0.05) is 127 Å². The molecule has 2 nitrogen and oxygen atoms in total. The van der Waals surface area contributed by atoms with E-state index in [9.17, 15) is 0 Å². The van der Waals surface area contributed by atoms with Crippen molar-refractivity contribution in [3.63, 3.8) is 0 Å². The number of hydrogen-bond donors (Lipinski definition) is 0. The van der Waals surface area contributed by atoms with Crippen molar-refractivity contribution in [1.82, 2.24) is 0 Å². The van der Waals surface area contributed by atoms with Gasteiger partial charge in [0.05, 0.1) is 11.4 Å². The molecule has 1 aromatic heterocycles. The lowest BCUT2D eigenvalue weighted by molar-refractivity contribution is -0.00229. The molecule has 0 atom stereocenters. The zero-order chi connectivity index (χ0) is 36.5. The van der Waals surface area contributed by atoms with E-state index in [1.807, 2.05) is 0 Å². The maximum Gasteiger partial charge on any atom is 0.143 e. The van der Waals surface area contributed by atoms with Crippen LogP contribution in [0.25, 0.3) is 76.2 Å². The smallest absolute Gasteiger partial charge is 0.143 e. The van der Waals surface area contributed by atoms with Crippen LogP contribution in [0.3, 0.4) is 0 Å². The Morgan fingerprint density at radius 2 is 1.07 bits per heavy atom. The second-order valence-corrected chi connectivity index (χ2v) is 17.3. The molecule has 2 heteroatoms. The standard InChI is InChI=1S/C54H41NO/c1-2-8-34(9-3-1)35-18-22-41(23-19-35)55(47-25-21-38-17-16-36-10-6-11-37-20-24-44(47)52(38)51(36)37)48-31-46-53-45(50-39-27-32-26-33(29-39)30-40(50)28-32)14-7-15-49(53)56-54(46)43-13-5-4-12-42(43)48/h1-25,31-33,39-40,50H,26-30H2. The van der Waals surface area contributed by atoms with Gasteiger partial charge in [-0.15, -0.1) is 0 Å². The van der Waals surface area contributed by atoms with Crippen molar-refractivity contribution in [2.45, 2.75) is 38.0 Å². The fourth-order valence-electron chi connectivity index (χ4n) is 12.3. The van der Waals surface area contributed by atoms with Crippen molar-refractivity contribution in [3.8, 4) is 11.1 Å². The Morgan fingerprint density at radius 3 is 1.84 bits per heavy atom. The Morgan fingerprint density at radius 1 is 0.429 bits per heavy atom. The first-order valence-electron chi connectivity index (χ1n) is 20.7. The normalized spacial score (nSPS) is 21.8. The highest BCUT2D eigenvalue weighted by molar-refractivity contribution is 6.27. The highest BCUT2D eigenvalue weighted by atomic mass is 16.3. The summed E-state index contributed by atoms with van der Waals surface area (Å²) in [6.07, 6.45) is 7.08. The Kier molecular flexibility index (Phi) is 6.50. The van der Waals surface area contributed by atoms with Crippen LogP contribution in [-0.2, 0) is 0 Å². The second kappa shape index (κ2) is 11.7. The minimum absolute atomic E-state index is 0.612. The Labute approximate surface area is 326 Å². The molecule has 9 aromatic carbocycles. The molecule has 0 unspecified atom stereocenters. The topological polar surface area (TPSA) is 16.4 Å². The molecule has 4 fully saturated rings. The Bertz CT molecular complexity index is 3110. The van der Waals surface area contributed by atoms with Crippen molar-refractivity contribution in [2.75, 3.05) is 4.90 Å². The van der Waals surface area contributed by atoms with Gasteiger partial charge in [0.25, 0.3) is 0 Å². The molecule has 268 valence electrons. The van der Waals surface area contributed by atoms with E-state index in [-0.39, 0.29) is 0 Å². The molecule has 0 N–H and O–H groups in total. The van der Waals surface area contributed by atoms with Crippen LogP contribution in [0, 0.1) is 23.7 Å². The quantitative estimate of drug-likeness (QED) is 0.165. The summed E-state index contributed by atoms with van der Waals surface area (Å²) in [6.45, 7) is 0. The van der Waals surface area contributed by atoms with Crippen molar-refractivity contribution >= 4 is 82.1 Å². The van der Waals surface area contributed by atoms with Crippen LogP contribution in [-0.4, -0.2) is 0 Å². The molecule has 1 heterocycles. The van der Waals surface area contributed by atoms with E-state index in [1.165, 1.54) is 109 Å². The molecule has 4 saturated carbocycles. The van der Waals surface area contributed by atoms with Crippen molar-refractivity contribution < 1.29 is 4.42 Å². The van der Waals surface area contributed by atoms with Gasteiger partial charge in [0.2, 0.25) is 0 Å². The lowest BCUT2D eigenvalue weighted by Crippen LogP contribution is -2.43.